The predicted molar refractivity (Wildman–Crippen MR) is 26.9 cm³/mol. The van der Waals surface area contributed by atoms with Gasteiger partial charge in [-0.25, -0.2) is 0 Å². The van der Waals surface area contributed by atoms with Crippen LogP contribution in [0.2, 0.25) is 0 Å². The molecule has 0 aliphatic carbocycles. The van der Waals surface area contributed by atoms with Crippen LogP contribution in [0.1, 0.15) is 0 Å². The fourth-order valence-electron chi connectivity index (χ4n) is 0.366. The van der Waals surface area contributed by atoms with Crippen molar-refractivity contribution in [2.24, 2.45) is 0 Å². The molecule has 37 valence electrons. The van der Waals surface area contributed by atoms with Crippen LogP contribution >= 0.6 is 0 Å². The average Bonchev–Trinajstić information content (AvgIpc) is 2.14. The van der Waals surface area contributed by atoms with E-state index >= 15 is 0 Å². The molecule has 0 aliphatic heterocycles. The van der Waals surface area contributed by atoms with Crippen LogP contribution in [0.5, 0.6) is 0 Å². The fraction of sp³-hybridized carbons (Fsp3) is 0. The third-order valence-corrected chi connectivity index (χ3v) is 1.57. The molecule has 1 radical (unpaired) electrons. The normalized spacial score (nSPS) is 8.57. The number of nitrogens with one attached hydrogen (secondary N) is 1. The molecule has 1 N–H and O–H groups in total. The molecule has 0 aromatic carbocycles. The summed E-state index contributed by atoms with van der Waals surface area (Å²) < 4.78 is 10.8. The van der Waals surface area contributed by atoms with Gasteiger partial charge in [0.05, 0.1) is 0 Å². The molecule has 3 heteroatoms. The zero-order valence-corrected chi connectivity index (χ0v) is 5.26. The van der Waals surface area contributed by atoms with Gasteiger partial charge in [0.1, 0.15) is 0 Å². The summed E-state index contributed by atoms with van der Waals surface area (Å²) in [6, 6.07) is 3.63. The summed E-state index contributed by atoms with van der Waals surface area (Å²) in [4.78, 5) is 2.80. The van der Waals surface area contributed by atoms with Crippen LogP contribution < -0.4 is 4.59 Å². The molecule has 0 bridgehead atoms. The topological polar surface area (TPSA) is 32.9 Å². The van der Waals surface area contributed by atoms with Gasteiger partial charge in [0.2, 0.25) is 0 Å². The minimum atomic E-state index is -0.608. The number of rotatable bonds is 1. The Balaban J connectivity index is 2.96. The van der Waals surface area contributed by atoms with Gasteiger partial charge in [-0.2, -0.15) is 0 Å². The van der Waals surface area contributed by atoms with E-state index in [4.69, 9.17) is 0 Å². The molecule has 1 heterocycles. The van der Waals surface area contributed by atoms with Crippen LogP contribution in [0.3, 0.4) is 0 Å². The van der Waals surface area contributed by atoms with Gasteiger partial charge in [-0.3, -0.25) is 0 Å². The molecule has 1 rings (SSSR count). The van der Waals surface area contributed by atoms with E-state index < -0.39 is 14.9 Å². The Kier molecular flexibility index (Phi) is 1.39. The van der Waals surface area contributed by atoms with E-state index in [1.165, 1.54) is 0 Å². The van der Waals surface area contributed by atoms with Gasteiger partial charge in [0.25, 0.3) is 0 Å². The van der Waals surface area contributed by atoms with E-state index in [-0.39, 0.29) is 0 Å². The SMILES string of the molecule is O=[Se]c1ccc[nH]1. The second-order valence-corrected chi connectivity index (χ2v) is 2.39. The van der Waals surface area contributed by atoms with Crippen molar-refractivity contribution in [1.82, 2.24) is 4.98 Å². The molecule has 0 amide bonds. The molecule has 0 aliphatic rings. The molecule has 7 heavy (non-hydrogen) atoms. The van der Waals surface area contributed by atoms with Gasteiger partial charge in [0.15, 0.2) is 0 Å². The zero-order valence-electron chi connectivity index (χ0n) is 3.55. The van der Waals surface area contributed by atoms with E-state index in [1.54, 1.807) is 12.3 Å². The molecule has 0 atom stereocenters. The molecule has 1 aromatic heterocycles. The predicted octanol–water partition coefficient (Wildman–Crippen LogP) is -0.310. The third kappa shape index (κ3) is 0.981. The monoisotopic (exact) mass is 162 g/mol. The van der Waals surface area contributed by atoms with E-state index in [9.17, 15) is 3.83 Å². The van der Waals surface area contributed by atoms with Crippen LogP contribution in [0.4, 0.5) is 0 Å². The number of aromatic amines is 1. The summed E-state index contributed by atoms with van der Waals surface area (Å²) in [6.45, 7) is 0. The van der Waals surface area contributed by atoms with Gasteiger partial charge in [-0.15, -0.1) is 0 Å². The van der Waals surface area contributed by atoms with Crippen molar-refractivity contribution >= 4 is 19.5 Å². The van der Waals surface area contributed by atoms with E-state index in [0.717, 1.165) is 4.59 Å². The van der Waals surface area contributed by atoms with Crippen molar-refractivity contribution in [2.45, 2.75) is 0 Å². The number of hydrogen-bond acceptors (Lipinski definition) is 1. The summed E-state index contributed by atoms with van der Waals surface area (Å²) >= 11 is -0.608. The first-order valence-corrected chi connectivity index (χ1v) is 3.42. The zero-order chi connectivity index (χ0) is 5.11. The van der Waals surface area contributed by atoms with Gasteiger partial charge in [-0.1, -0.05) is 0 Å². The summed E-state index contributed by atoms with van der Waals surface area (Å²) in [5.41, 5.74) is 0. The number of hydrogen-bond donors (Lipinski definition) is 1. The first-order chi connectivity index (χ1) is 3.43. The molecule has 0 unspecified atom stereocenters. The molecule has 0 spiro atoms. The van der Waals surface area contributed by atoms with Crippen LogP contribution in [0, 0.1) is 0 Å². The first-order valence-electron chi connectivity index (χ1n) is 1.86. The standard InChI is InChI=1S/C4H4NOSe/c6-7-4-2-1-3-5-4/h1-3,5H. The molecule has 0 saturated heterocycles. The summed E-state index contributed by atoms with van der Waals surface area (Å²) in [7, 11) is 0. The maximum atomic E-state index is 10.0. The quantitative estimate of drug-likeness (QED) is 0.563. The van der Waals surface area contributed by atoms with Crippen molar-refractivity contribution in [1.29, 1.82) is 0 Å². The van der Waals surface area contributed by atoms with Crippen molar-refractivity contribution in [3.63, 3.8) is 0 Å². The average molecular weight is 161 g/mol. The second-order valence-electron chi connectivity index (χ2n) is 1.12. The number of aromatic nitrogens is 1. The van der Waals surface area contributed by atoms with Crippen molar-refractivity contribution in [3.8, 4) is 0 Å². The summed E-state index contributed by atoms with van der Waals surface area (Å²) in [5, 5.41) is 0. The fourth-order valence-corrected chi connectivity index (χ4v) is 0.891. The van der Waals surface area contributed by atoms with E-state index in [1.807, 2.05) is 6.07 Å². The molecular weight excluding hydrogens is 157 g/mol. The Morgan fingerprint density at radius 3 is 2.86 bits per heavy atom. The molecule has 2 nitrogen and oxygen atoms in total. The summed E-state index contributed by atoms with van der Waals surface area (Å²) in [5.74, 6) is 0. The molecular formula is C4H4NOSe. The van der Waals surface area contributed by atoms with Crippen LogP contribution in [0.25, 0.3) is 0 Å². The Labute approximate surface area is 47.3 Å². The van der Waals surface area contributed by atoms with Gasteiger partial charge in [-0.05, 0) is 0 Å². The van der Waals surface area contributed by atoms with E-state index in [2.05, 4.69) is 4.98 Å². The van der Waals surface area contributed by atoms with Gasteiger partial charge in [0, 0.05) is 0 Å². The number of H-pyrrole nitrogens is 1. The van der Waals surface area contributed by atoms with E-state index in [0.29, 0.717) is 0 Å². The van der Waals surface area contributed by atoms with Crippen LogP contribution in [-0.2, 0) is 3.83 Å². The Morgan fingerprint density at radius 2 is 2.57 bits per heavy atom. The maximum absolute atomic E-state index is 10.0. The third-order valence-electron chi connectivity index (χ3n) is 0.659. The molecule has 1 aromatic rings. The Morgan fingerprint density at radius 1 is 1.71 bits per heavy atom. The van der Waals surface area contributed by atoms with Gasteiger partial charge < -0.3 is 0 Å². The van der Waals surface area contributed by atoms with Crippen LogP contribution in [-0.4, -0.2) is 19.9 Å². The Bertz CT molecular complexity index is 147. The summed E-state index contributed by atoms with van der Waals surface area (Å²) in [6.07, 6.45) is 1.76. The minimum absolute atomic E-state index is 0.608. The molecule has 0 fully saturated rings. The van der Waals surface area contributed by atoms with Crippen molar-refractivity contribution in [3.05, 3.63) is 18.3 Å². The Hall–Kier alpha value is -0.401. The molecule has 0 saturated carbocycles. The van der Waals surface area contributed by atoms with Crippen molar-refractivity contribution in [2.75, 3.05) is 0 Å². The first kappa shape index (κ1) is 4.75. The van der Waals surface area contributed by atoms with Gasteiger partial charge >= 0.3 is 46.6 Å². The van der Waals surface area contributed by atoms with Crippen LogP contribution in [0.15, 0.2) is 18.3 Å². The van der Waals surface area contributed by atoms with Crippen molar-refractivity contribution < 1.29 is 3.83 Å². The second kappa shape index (κ2) is 2.05.